The van der Waals surface area contributed by atoms with Crippen LogP contribution in [0.3, 0.4) is 0 Å². The first-order chi connectivity index (χ1) is 36.9. The van der Waals surface area contributed by atoms with Crippen LogP contribution in [0.25, 0.3) is 0 Å². The maximum atomic E-state index is 17.0. The van der Waals surface area contributed by atoms with Crippen LogP contribution < -0.4 is 19.9 Å². The molecule has 4 fully saturated rings. The molecule has 394 valence electrons. The Kier molecular flexibility index (Phi) is 14.9. The van der Waals surface area contributed by atoms with E-state index in [2.05, 4.69) is 27.1 Å². The van der Waals surface area contributed by atoms with E-state index in [1.165, 1.54) is 7.11 Å². The first kappa shape index (κ1) is 51.8. The van der Waals surface area contributed by atoms with Gasteiger partial charge in [-0.25, -0.2) is 24.5 Å². The van der Waals surface area contributed by atoms with Gasteiger partial charge in [-0.1, -0.05) is 111 Å². The predicted octanol–water partition coefficient (Wildman–Crippen LogP) is 6.21. The Morgan fingerprint density at radius 1 is 0.816 bits per heavy atom. The maximum absolute atomic E-state index is 17.0. The van der Waals surface area contributed by atoms with Crippen molar-refractivity contribution in [1.82, 2.24) is 25.1 Å². The average Bonchev–Trinajstić information content (AvgIpc) is 3.98. The topological polar surface area (TPSA) is 204 Å². The molecule has 3 N–H and O–H groups in total. The summed E-state index contributed by atoms with van der Waals surface area (Å²) < 4.78 is 17.9. The second-order valence-corrected chi connectivity index (χ2v) is 20.5. The number of aliphatic hydroxyl groups excluding tert-OH is 1. The zero-order valence-corrected chi connectivity index (χ0v) is 42.9. The summed E-state index contributed by atoms with van der Waals surface area (Å²) in [5, 5.41) is 24.6. The number of carbonyl (C=O) groups excluding carboxylic acids is 5. The van der Waals surface area contributed by atoms with E-state index in [0.29, 0.717) is 54.3 Å². The lowest BCUT2D eigenvalue weighted by atomic mass is 9.64. The summed E-state index contributed by atoms with van der Waals surface area (Å²) in [5.74, 6) is 2.37. The molecular formula is C59H63N7O10. The molecule has 1 aliphatic carbocycles. The van der Waals surface area contributed by atoms with Crippen LogP contribution in [0, 0.1) is 23.7 Å². The van der Waals surface area contributed by atoms with Gasteiger partial charge in [0.05, 0.1) is 37.4 Å². The summed E-state index contributed by atoms with van der Waals surface area (Å²) in [4.78, 5) is 93.4. The lowest BCUT2D eigenvalue weighted by Gasteiger charge is -2.46. The van der Waals surface area contributed by atoms with Crippen molar-refractivity contribution in [1.29, 1.82) is 0 Å². The average molecular weight is 1030 g/mol. The SMILES string of the molecule is COC(=O)[C@@H](NC(=O)N1C(=O)[C@@]2(c3cc(C#CC4(O)CCCCCC4)ccc31)[C@H](C(=O)N1CCN(c3ncccn3)CC1)[C@H]1C(=O)O[C@H](c3ccccc3)[C@H](c3ccccc3)N1[C@@H]2c1cccc(OCCO)c1)C(C)C. The first-order valence-electron chi connectivity index (χ1n) is 26.2. The molecular weight excluding hydrogens is 967 g/mol. The van der Waals surface area contributed by atoms with Gasteiger partial charge >= 0.3 is 18.0 Å². The van der Waals surface area contributed by atoms with Crippen molar-refractivity contribution >= 4 is 41.4 Å². The van der Waals surface area contributed by atoms with Gasteiger partial charge in [0.25, 0.3) is 0 Å². The summed E-state index contributed by atoms with van der Waals surface area (Å²) in [7, 11) is 1.22. The Labute approximate surface area is 442 Å². The summed E-state index contributed by atoms with van der Waals surface area (Å²) in [6, 6.07) is 26.9. The van der Waals surface area contributed by atoms with E-state index in [-0.39, 0.29) is 37.6 Å². The number of ether oxygens (including phenoxy) is 3. The molecule has 5 aliphatic rings. The number of morpholine rings is 1. The summed E-state index contributed by atoms with van der Waals surface area (Å²) >= 11 is 0. The molecule has 4 aliphatic heterocycles. The fourth-order valence-electron chi connectivity index (χ4n) is 12.1. The number of rotatable bonds is 11. The standard InChI is InChI=1S/C59H63N7O10/c1-38(2)47(53(69)74-3)62-57(72)65-45-23-22-39(24-27-58(73)25-12-4-5-13-26-58)36-44(45)59(55(65)71)46(52(68)63-30-32-64(33-31-63)56-60-28-15-29-61-56)49-54(70)76-50(41-18-10-7-11-19-41)48(40-16-8-6-9-17-40)66(49)51(59)42-20-14-21-43(37-42)75-35-34-67/h6-11,14-23,28-29,36-38,46-51,67,73H,4-5,12-13,25-26,30-35H2,1-3H3,(H,62,72)/t46-,47-,48-,49-,50+,51+,59-/m0/s1. The lowest BCUT2D eigenvalue weighted by molar-refractivity contribution is -0.179. The highest BCUT2D eigenvalue weighted by Gasteiger charge is 2.76. The quantitative estimate of drug-likeness (QED) is 0.0766. The number of imide groups is 1. The number of hydrogen-bond donors (Lipinski definition) is 3. The van der Waals surface area contributed by atoms with Gasteiger partial charge in [-0.3, -0.25) is 19.3 Å². The number of benzene rings is 4. The highest BCUT2D eigenvalue weighted by Crippen LogP contribution is 2.66. The minimum Gasteiger partial charge on any atom is -0.491 e. The third-order valence-corrected chi connectivity index (χ3v) is 15.7. The van der Waals surface area contributed by atoms with Crippen LogP contribution in [-0.4, -0.2) is 124 Å². The molecule has 17 nitrogen and oxygen atoms in total. The Bertz CT molecular complexity index is 3010. The lowest BCUT2D eigenvalue weighted by Crippen LogP contribution is -2.60. The van der Waals surface area contributed by atoms with Crippen molar-refractivity contribution in [3.05, 3.63) is 149 Å². The second kappa shape index (κ2) is 21.9. The molecule has 17 heteroatoms. The Balaban J connectivity index is 1.25. The highest BCUT2D eigenvalue weighted by atomic mass is 16.6. The molecule has 0 bridgehead atoms. The summed E-state index contributed by atoms with van der Waals surface area (Å²) in [6.45, 7) is 4.13. The minimum atomic E-state index is -2.14. The number of anilines is 2. The highest BCUT2D eigenvalue weighted by molar-refractivity contribution is 6.25. The Morgan fingerprint density at radius 2 is 1.49 bits per heavy atom. The number of cyclic esters (lactones) is 1. The molecule has 4 aromatic carbocycles. The van der Waals surface area contributed by atoms with E-state index >= 15 is 19.2 Å². The number of aromatic nitrogens is 2. The van der Waals surface area contributed by atoms with Gasteiger partial charge in [-0.05, 0) is 90.3 Å². The van der Waals surface area contributed by atoms with Gasteiger partial charge in [0.15, 0.2) is 0 Å². The van der Waals surface area contributed by atoms with Crippen molar-refractivity contribution in [2.75, 3.05) is 56.3 Å². The molecule has 1 saturated carbocycles. The number of hydrogen-bond acceptors (Lipinski definition) is 14. The molecule has 7 atom stereocenters. The third kappa shape index (κ3) is 9.54. The van der Waals surface area contributed by atoms with Crippen LogP contribution in [0.15, 0.2) is 122 Å². The number of piperazine rings is 1. The van der Waals surface area contributed by atoms with Crippen LogP contribution >= 0.6 is 0 Å². The van der Waals surface area contributed by atoms with Crippen LogP contribution in [-0.2, 0) is 34.1 Å². The van der Waals surface area contributed by atoms with E-state index in [0.717, 1.165) is 36.1 Å². The number of nitrogens with one attached hydrogen (secondary N) is 1. The van der Waals surface area contributed by atoms with Gasteiger partial charge in [0.2, 0.25) is 17.8 Å². The van der Waals surface area contributed by atoms with Gasteiger partial charge in [0, 0.05) is 44.1 Å². The van der Waals surface area contributed by atoms with Crippen molar-refractivity contribution in [2.24, 2.45) is 11.8 Å². The number of methoxy groups -OCH3 is 1. The zero-order chi connectivity index (χ0) is 53.1. The molecule has 0 radical (unpaired) electrons. The van der Waals surface area contributed by atoms with Gasteiger partial charge in [0.1, 0.15) is 41.6 Å². The van der Waals surface area contributed by atoms with Gasteiger partial charge in [-0.15, -0.1) is 0 Å². The summed E-state index contributed by atoms with van der Waals surface area (Å²) in [5.41, 5.74) is -0.818. The largest absolute Gasteiger partial charge is 0.491 e. The molecule has 3 saturated heterocycles. The fraction of sp³-hybridized carbons (Fsp3) is 0.407. The molecule has 5 heterocycles. The molecule has 4 amide bonds. The van der Waals surface area contributed by atoms with E-state index in [1.54, 1.807) is 73.6 Å². The molecule has 76 heavy (non-hydrogen) atoms. The smallest absolute Gasteiger partial charge is 0.329 e. The molecule has 5 aromatic rings. The van der Waals surface area contributed by atoms with E-state index in [4.69, 9.17) is 14.2 Å². The zero-order valence-electron chi connectivity index (χ0n) is 42.9. The van der Waals surface area contributed by atoms with Crippen molar-refractivity contribution in [3.8, 4) is 17.6 Å². The number of fused-ring (bicyclic) bond motifs is 3. The predicted molar refractivity (Wildman–Crippen MR) is 280 cm³/mol. The van der Waals surface area contributed by atoms with E-state index < -0.39 is 82.9 Å². The van der Waals surface area contributed by atoms with E-state index in [1.807, 2.05) is 76.5 Å². The maximum Gasteiger partial charge on any atom is 0.329 e. The second-order valence-electron chi connectivity index (χ2n) is 20.5. The molecule has 0 unspecified atom stereocenters. The van der Waals surface area contributed by atoms with Crippen LogP contribution in [0.4, 0.5) is 16.4 Å². The van der Waals surface area contributed by atoms with Gasteiger partial charge in [-0.2, -0.15) is 0 Å². The number of nitrogens with zero attached hydrogens (tertiary/aromatic N) is 6. The monoisotopic (exact) mass is 1030 g/mol. The number of aliphatic hydroxyl groups is 2. The van der Waals surface area contributed by atoms with Crippen LogP contribution in [0.5, 0.6) is 5.75 Å². The molecule has 1 aromatic heterocycles. The van der Waals surface area contributed by atoms with Crippen molar-refractivity contribution in [3.63, 3.8) is 0 Å². The third-order valence-electron chi connectivity index (χ3n) is 15.7. The van der Waals surface area contributed by atoms with Crippen molar-refractivity contribution in [2.45, 2.75) is 93.7 Å². The Morgan fingerprint density at radius 3 is 2.14 bits per heavy atom. The summed E-state index contributed by atoms with van der Waals surface area (Å²) in [6.07, 6.45) is 6.86. The normalized spacial score (nSPS) is 24.4. The molecule has 10 rings (SSSR count). The van der Waals surface area contributed by atoms with E-state index in [9.17, 15) is 15.0 Å². The number of amides is 4. The first-order valence-corrected chi connectivity index (χ1v) is 26.2. The van der Waals surface area contributed by atoms with Gasteiger partial charge < -0.3 is 39.5 Å². The fourth-order valence-corrected chi connectivity index (χ4v) is 12.1. The molecule has 1 spiro atoms. The number of urea groups is 1. The number of carbonyl (C=O) groups is 5. The minimum absolute atomic E-state index is 0.0525. The number of esters is 2. The van der Waals surface area contributed by atoms with Crippen LogP contribution in [0.1, 0.15) is 98.4 Å². The van der Waals surface area contributed by atoms with Crippen molar-refractivity contribution < 1.29 is 48.4 Å². The Hall–Kier alpha value is -7.65. The van der Waals surface area contributed by atoms with Crippen LogP contribution in [0.2, 0.25) is 0 Å².